The molecule has 0 spiro atoms. The number of aromatic nitrogens is 2. The van der Waals surface area contributed by atoms with Gasteiger partial charge in [0.25, 0.3) is 0 Å². The van der Waals surface area contributed by atoms with Crippen molar-refractivity contribution in [3.8, 4) is 22.9 Å². The molecule has 0 bridgehead atoms. The molecule has 0 aliphatic carbocycles. The van der Waals surface area contributed by atoms with Gasteiger partial charge in [0.05, 0.1) is 11.0 Å². The number of Topliss-reactive ketones (excluding diaryl/α,β-unsaturated/α-hetero) is 1. The van der Waals surface area contributed by atoms with E-state index in [1.165, 1.54) is 0 Å². The minimum Gasteiger partial charge on any atom is -0.453 e. The normalized spacial score (nSPS) is 11.1. The Labute approximate surface area is 147 Å². The minimum absolute atomic E-state index is 0.334. The number of aliphatic hydroxyl groups excluding tert-OH is 1. The second-order valence-corrected chi connectivity index (χ2v) is 6.01. The van der Waals surface area contributed by atoms with Crippen LogP contribution in [0.25, 0.3) is 33.9 Å². The van der Waals surface area contributed by atoms with Crippen LogP contribution in [0.5, 0.6) is 0 Å². The lowest BCUT2D eigenvalue weighted by Crippen LogP contribution is -2.03. The fraction of sp³-hybridized carbons (Fsp3) is 0.0526. The largest absolute Gasteiger partial charge is 0.453 e. The van der Waals surface area contributed by atoms with Crippen LogP contribution in [-0.2, 0) is 0 Å². The molecular weight excluding hydrogens is 340 g/mol. The molecule has 0 fully saturated rings. The molecule has 4 aromatic rings. The fourth-order valence-electron chi connectivity index (χ4n) is 2.65. The topological polar surface area (TPSA) is 79.1 Å². The molecule has 0 aliphatic rings. The number of carbonyl (C=O) groups is 1. The van der Waals surface area contributed by atoms with E-state index in [9.17, 15) is 4.79 Å². The Bertz CT molecular complexity index is 1080. The van der Waals surface area contributed by atoms with Crippen molar-refractivity contribution in [3.63, 3.8) is 0 Å². The summed E-state index contributed by atoms with van der Waals surface area (Å²) in [4.78, 5) is 19.2. The van der Waals surface area contributed by atoms with Gasteiger partial charge in [-0.2, -0.15) is 0 Å². The van der Waals surface area contributed by atoms with Gasteiger partial charge in [-0.05, 0) is 42.5 Å². The van der Waals surface area contributed by atoms with Crippen LogP contribution in [0.2, 0.25) is 5.02 Å². The third-order valence-electron chi connectivity index (χ3n) is 3.90. The van der Waals surface area contributed by atoms with E-state index in [4.69, 9.17) is 21.1 Å². The maximum absolute atomic E-state index is 11.6. The summed E-state index contributed by atoms with van der Waals surface area (Å²) in [7, 11) is 0. The average Bonchev–Trinajstić information content (AvgIpc) is 3.27. The number of halogens is 1. The van der Waals surface area contributed by atoms with Crippen LogP contribution in [0, 0.1) is 0 Å². The molecule has 0 saturated heterocycles. The summed E-state index contributed by atoms with van der Waals surface area (Å²) in [5.41, 5.74) is 2.73. The summed E-state index contributed by atoms with van der Waals surface area (Å²) in [5, 5.41) is 9.61. The minimum atomic E-state index is -0.520. The quantitative estimate of drug-likeness (QED) is 0.536. The van der Waals surface area contributed by atoms with Gasteiger partial charge in [-0.25, -0.2) is 4.98 Å². The number of aliphatic hydroxyl groups is 1. The Hall–Kier alpha value is -2.89. The molecule has 25 heavy (non-hydrogen) atoms. The van der Waals surface area contributed by atoms with E-state index < -0.39 is 6.61 Å². The summed E-state index contributed by atoms with van der Waals surface area (Å²) >= 11 is 6.02. The molecule has 2 aromatic carbocycles. The number of nitrogens with zero attached hydrogens (tertiary/aromatic N) is 1. The van der Waals surface area contributed by atoms with E-state index in [1.54, 1.807) is 24.3 Å². The Morgan fingerprint density at radius 2 is 1.96 bits per heavy atom. The smallest absolute Gasteiger partial charge is 0.188 e. The van der Waals surface area contributed by atoms with Crippen LogP contribution in [0.3, 0.4) is 0 Å². The van der Waals surface area contributed by atoms with Crippen LogP contribution < -0.4 is 0 Å². The fourth-order valence-corrected chi connectivity index (χ4v) is 2.84. The summed E-state index contributed by atoms with van der Waals surface area (Å²) in [5.74, 6) is 1.51. The van der Waals surface area contributed by atoms with Gasteiger partial charge in [0, 0.05) is 16.1 Å². The zero-order valence-electron chi connectivity index (χ0n) is 13.0. The first-order valence-electron chi connectivity index (χ1n) is 7.64. The number of fused-ring (bicyclic) bond motifs is 1. The highest BCUT2D eigenvalue weighted by Crippen LogP contribution is 2.29. The molecular formula is C19H13ClN2O3. The van der Waals surface area contributed by atoms with Crippen molar-refractivity contribution in [2.75, 3.05) is 6.61 Å². The number of carbonyl (C=O) groups excluding carboxylic acids is 1. The number of nitrogens with one attached hydrogen (secondary N) is 1. The van der Waals surface area contributed by atoms with Crippen LogP contribution in [0.4, 0.5) is 0 Å². The van der Waals surface area contributed by atoms with Crippen LogP contribution in [0.15, 0.2) is 59.0 Å². The Morgan fingerprint density at radius 3 is 2.76 bits per heavy atom. The zero-order valence-corrected chi connectivity index (χ0v) is 13.7. The van der Waals surface area contributed by atoms with Crippen LogP contribution in [-0.4, -0.2) is 27.5 Å². The first-order valence-corrected chi connectivity index (χ1v) is 8.02. The van der Waals surface area contributed by atoms with Gasteiger partial charge in [-0.1, -0.05) is 23.7 Å². The molecule has 0 radical (unpaired) electrons. The SMILES string of the molecule is O=C(CO)c1ccc2nc(-c3ccc(-c4cccc(Cl)c4)o3)[nH]c2c1. The molecule has 124 valence electrons. The molecule has 5 nitrogen and oxygen atoms in total. The number of ketones is 1. The van der Waals surface area contributed by atoms with Gasteiger partial charge in [-0.15, -0.1) is 0 Å². The van der Waals surface area contributed by atoms with Gasteiger partial charge in [0.1, 0.15) is 12.4 Å². The summed E-state index contributed by atoms with van der Waals surface area (Å²) in [6.45, 7) is -0.520. The van der Waals surface area contributed by atoms with Crippen molar-refractivity contribution < 1.29 is 14.3 Å². The molecule has 0 atom stereocenters. The highest BCUT2D eigenvalue weighted by atomic mass is 35.5. The highest BCUT2D eigenvalue weighted by molar-refractivity contribution is 6.30. The second-order valence-electron chi connectivity index (χ2n) is 5.57. The number of rotatable bonds is 4. The van der Waals surface area contributed by atoms with E-state index in [0.717, 1.165) is 5.56 Å². The Balaban J connectivity index is 1.71. The lowest BCUT2D eigenvalue weighted by Gasteiger charge is -1.97. The highest BCUT2D eigenvalue weighted by Gasteiger charge is 2.13. The summed E-state index contributed by atoms with van der Waals surface area (Å²) in [6.07, 6.45) is 0. The maximum Gasteiger partial charge on any atom is 0.188 e. The first kappa shape index (κ1) is 15.6. The third-order valence-corrected chi connectivity index (χ3v) is 4.13. The number of furan rings is 1. The van der Waals surface area contributed by atoms with Crippen LogP contribution in [0.1, 0.15) is 10.4 Å². The van der Waals surface area contributed by atoms with Gasteiger partial charge in [0.15, 0.2) is 17.4 Å². The Kier molecular flexibility index (Phi) is 3.87. The molecule has 2 heterocycles. The molecule has 0 amide bonds. The molecule has 2 aromatic heterocycles. The average molecular weight is 353 g/mol. The predicted molar refractivity (Wildman–Crippen MR) is 95.7 cm³/mol. The molecule has 0 saturated carbocycles. The zero-order chi connectivity index (χ0) is 17.4. The van der Waals surface area contributed by atoms with Gasteiger partial charge >= 0.3 is 0 Å². The first-order chi connectivity index (χ1) is 12.1. The van der Waals surface area contributed by atoms with Crippen molar-refractivity contribution in [1.82, 2.24) is 9.97 Å². The number of benzene rings is 2. The second kappa shape index (κ2) is 6.20. The third kappa shape index (κ3) is 2.95. The van der Waals surface area contributed by atoms with Crippen LogP contribution >= 0.6 is 11.6 Å². The molecule has 0 aliphatic heterocycles. The lowest BCUT2D eigenvalue weighted by atomic mass is 10.1. The van der Waals surface area contributed by atoms with Crippen molar-refractivity contribution in [2.24, 2.45) is 0 Å². The number of hydrogen-bond acceptors (Lipinski definition) is 4. The number of imidazole rings is 1. The van der Waals surface area contributed by atoms with Crippen molar-refractivity contribution in [3.05, 3.63) is 65.2 Å². The van der Waals surface area contributed by atoms with Gasteiger partial charge in [0.2, 0.25) is 0 Å². The number of H-pyrrole nitrogens is 1. The van der Waals surface area contributed by atoms with Gasteiger partial charge < -0.3 is 14.5 Å². The standard InChI is InChI=1S/C19H13ClN2O3/c20-13-3-1-2-12(8-13)17-6-7-18(25-17)19-21-14-5-4-11(16(24)10-23)9-15(14)22-19/h1-9,23H,10H2,(H,21,22). The van der Waals surface area contributed by atoms with E-state index >= 15 is 0 Å². The number of aromatic amines is 1. The monoisotopic (exact) mass is 352 g/mol. The predicted octanol–water partition coefficient (Wildman–Crippen LogP) is 4.32. The van der Waals surface area contributed by atoms with Crippen molar-refractivity contribution >= 4 is 28.4 Å². The van der Waals surface area contributed by atoms with Crippen molar-refractivity contribution in [1.29, 1.82) is 0 Å². The molecule has 6 heteroatoms. The van der Waals surface area contributed by atoms with E-state index in [2.05, 4.69) is 9.97 Å². The maximum atomic E-state index is 11.6. The van der Waals surface area contributed by atoms with E-state index in [1.807, 2.05) is 30.3 Å². The van der Waals surface area contributed by atoms with E-state index in [0.29, 0.717) is 39.0 Å². The van der Waals surface area contributed by atoms with Gasteiger partial charge in [-0.3, -0.25) is 4.79 Å². The molecule has 0 unspecified atom stereocenters. The summed E-state index contributed by atoms with van der Waals surface area (Å²) < 4.78 is 5.88. The Morgan fingerprint density at radius 1 is 1.12 bits per heavy atom. The lowest BCUT2D eigenvalue weighted by molar-refractivity contribution is 0.0904. The van der Waals surface area contributed by atoms with E-state index in [-0.39, 0.29) is 5.78 Å². The molecule has 4 rings (SSSR count). The molecule has 2 N–H and O–H groups in total. The number of hydrogen-bond donors (Lipinski definition) is 2. The summed E-state index contributed by atoms with van der Waals surface area (Å²) in [6, 6.07) is 16.1. The van der Waals surface area contributed by atoms with Crippen molar-refractivity contribution in [2.45, 2.75) is 0 Å².